The molecule has 5 heteroatoms. The molecule has 0 fully saturated rings. The molecule has 2 rings (SSSR count). The molecular weight excluding hydrogens is 266 g/mol. The number of ether oxygens (including phenoxy) is 1. The number of carbonyl (C=O) groups excluding carboxylic acids is 1. The number of esters is 1. The fourth-order valence-corrected chi connectivity index (χ4v) is 2.04. The van der Waals surface area contributed by atoms with Gasteiger partial charge in [-0.2, -0.15) is 0 Å². The smallest absolute Gasteiger partial charge is 0.341 e. The van der Waals surface area contributed by atoms with Gasteiger partial charge < -0.3 is 4.74 Å². The Bertz CT molecular complexity index is 654. The molecule has 0 spiro atoms. The summed E-state index contributed by atoms with van der Waals surface area (Å²) in [6.45, 7) is 8.04. The van der Waals surface area contributed by atoms with Gasteiger partial charge in [-0.3, -0.25) is 4.98 Å². The summed E-state index contributed by atoms with van der Waals surface area (Å²) in [5, 5.41) is 0. The van der Waals surface area contributed by atoms with E-state index in [1.165, 1.54) is 6.20 Å². The van der Waals surface area contributed by atoms with Crippen LogP contribution < -0.4 is 0 Å². The van der Waals surface area contributed by atoms with Gasteiger partial charge in [0.25, 0.3) is 0 Å². The Hall–Kier alpha value is -2.30. The van der Waals surface area contributed by atoms with Crippen molar-refractivity contribution < 1.29 is 9.53 Å². The predicted octanol–water partition coefficient (Wildman–Crippen LogP) is 3.15. The molecule has 0 bridgehead atoms. The highest BCUT2D eigenvalue weighted by Gasteiger charge is 2.19. The molecule has 110 valence electrons. The number of aromatic nitrogens is 3. The van der Waals surface area contributed by atoms with Crippen molar-refractivity contribution in [1.82, 2.24) is 15.0 Å². The van der Waals surface area contributed by atoms with Gasteiger partial charge in [0.15, 0.2) is 5.82 Å². The average Bonchev–Trinajstić information content (AvgIpc) is 2.47. The molecule has 0 unspecified atom stereocenters. The number of aryl methyl sites for hydroxylation is 1. The van der Waals surface area contributed by atoms with E-state index in [1.54, 1.807) is 13.1 Å². The Labute approximate surface area is 124 Å². The molecule has 0 N–H and O–H groups in total. The normalized spacial score (nSPS) is 10.7. The number of pyridine rings is 1. The predicted molar refractivity (Wildman–Crippen MR) is 80.0 cm³/mol. The fraction of sp³-hybridized carbons (Fsp3) is 0.375. The first-order chi connectivity index (χ1) is 10.0. The van der Waals surface area contributed by atoms with Gasteiger partial charge in [0.2, 0.25) is 0 Å². The number of hydrogen-bond acceptors (Lipinski definition) is 5. The highest BCUT2D eigenvalue weighted by Crippen LogP contribution is 2.22. The van der Waals surface area contributed by atoms with Crippen molar-refractivity contribution in [1.29, 1.82) is 0 Å². The molecule has 21 heavy (non-hydrogen) atoms. The van der Waals surface area contributed by atoms with Crippen molar-refractivity contribution in [2.45, 2.75) is 33.6 Å². The lowest BCUT2D eigenvalue weighted by atomic mass is 10.0. The molecule has 2 aromatic heterocycles. The summed E-state index contributed by atoms with van der Waals surface area (Å²) < 4.78 is 5.05. The van der Waals surface area contributed by atoms with E-state index >= 15 is 0 Å². The van der Waals surface area contributed by atoms with Gasteiger partial charge in [-0.05, 0) is 31.4 Å². The molecule has 5 nitrogen and oxygen atoms in total. The molecule has 0 aliphatic rings. The van der Waals surface area contributed by atoms with Gasteiger partial charge in [-0.25, -0.2) is 14.8 Å². The van der Waals surface area contributed by atoms with Crippen LogP contribution in [-0.4, -0.2) is 27.5 Å². The summed E-state index contributed by atoms with van der Waals surface area (Å²) in [5.74, 6) is 0.241. The Morgan fingerprint density at radius 1 is 1.33 bits per heavy atom. The Kier molecular flexibility index (Phi) is 4.62. The zero-order chi connectivity index (χ0) is 15.4. The lowest BCUT2D eigenvalue weighted by Gasteiger charge is -2.12. The first-order valence-corrected chi connectivity index (χ1v) is 7.00. The zero-order valence-corrected chi connectivity index (χ0v) is 12.8. The minimum absolute atomic E-state index is 0.0928. The van der Waals surface area contributed by atoms with Gasteiger partial charge in [-0.15, -0.1) is 0 Å². The first kappa shape index (κ1) is 15.1. The number of nitrogens with zero attached hydrogens (tertiary/aromatic N) is 3. The second-order valence-corrected chi connectivity index (χ2v) is 5.04. The second kappa shape index (κ2) is 6.43. The van der Waals surface area contributed by atoms with Crippen LogP contribution in [0.15, 0.2) is 24.5 Å². The van der Waals surface area contributed by atoms with Crippen molar-refractivity contribution in [3.8, 4) is 11.5 Å². The maximum absolute atomic E-state index is 12.0. The molecule has 0 atom stereocenters. The molecule has 0 aromatic carbocycles. The van der Waals surface area contributed by atoms with E-state index < -0.39 is 0 Å². The van der Waals surface area contributed by atoms with Crippen molar-refractivity contribution in [2.24, 2.45) is 0 Å². The van der Waals surface area contributed by atoms with Crippen LogP contribution in [0.5, 0.6) is 0 Å². The van der Waals surface area contributed by atoms with Crippen molar-refractivity contribution in [2.75, 3.05) is 6.61 Å². The summed E-state index contributed by atoms with van der Waals surface area (Å²) in [7, 11) is 0. The minimum atomic E-state index is -0.384. The van der Waals surface area contributed by atoms with Crippen LogP contribution in [-0.2, 0) is 4.74 Å². The molecule has 0 amide bonds. The van der Waals surface area contributed by atoms with Crippen LogP contribution in [0.25, 0.3) is 11.5 Å². The zero-order valence-electron chi connectivity index (χ0n) is 12.8. The highest BCUT2D eigenvalue weighted by atomic mass is 16.5. The van der Waals surface area contributed by atoms with Crippen LogP contribution in [0.4, 0.5) is 0 Å². The Morgan fingerprint density at radius 3 is 2.71 bits per heavy atom. The molecule has 0 saturated heterocycles. The topological polar surface area (TPSA) is 65.0 Å². The number of hydrogen-bond donors (Lipinski definition) is 0. The molecule has 0 radical (unpaired) electrons. The fourth-order valence-electron chi connectivity index (χ4n) is 2.04. The SMILES string of the molecule is CCOC(=O)c1cnc(-c2ncccc2C)nc1C(C)C. The van der Waals surface area contributed by atoms with Crippen molar-refractivity contribution >= 4 is 5.97 Å². The molecule has 0 saturated carbocycles. The molecule has 0 aliphatic carbocycles. The van der Waals surface area contributed by atoms with E-state index in [2.05, 4.69) is 15.0 Å². The maximum atomic E-state index is 12.0. The van der Waals surface area contributed by atoms with E-state index in [1.807, 2.05) is 32.9 Å². The van der Waals surface area contributed by atoms with Crippen LogP contribution in [0.1, 0.15) is 48.3 Å². The summed E-state index contributed by atoms with van der Waals surface area (Å²) >= 11 is 0. The standard InChI is InChI=1S/C16H19N3O2/c1-5-21-16(20)12-9-18-15(19-13(12)10(2)3)14-11(4)7-6-8-17-14/h6-10H,5H2,1-4H3. The maximum Gasteiger partial charge on any atom is 0.341 e. The summed E-state index contributed by atoms with van der Waals surface area (Å²) in [5.41, 5.74) is 2.83. The largest absolute Gasteiger partial charge is 0.462 e. The average molecular weight is 285 g/mol. The first-order valence-electron chi connectivity index (χ1n) is 7.00. The third kappa shape index (κ3) is 3.24. The van der Waals surface area contributed by atoms with Gasteiger partial charge in [0, 0.05) is 12.4 Å². The van der Waals surface area contributed by atoms with Crippen LogP contribution in [0.2, 0.25) is 0 Å². The lowest BCUT2D eigenvalue weighted by molar-refractivity contribution is 0.0523. The lowest BCUT2D eigenvalue weighted by Crippen LogP contribution is -2.12. The third-order valence-corrected chi connectivity index (χ3v) is 3.08. The van der Waals surface area contributed by atoms with E-state index in [9.17, 15) is 4.79 Å². The third-order valence-electron chi connectivity index (χ3n) is 3.08. The Balaban J connectivity index is 2.51. The van der Waals surface area contributed by atoms with E-state index in [0.717, 1.165) is 11.3 Å². The highest BCUT2D eigenvalue weighted by molar-refractivity contribution is 5.90. The van der Waals surface area contributed by atoms with Gasteiger partial charge in [0.1, 0.15) is 5.69 Å². The monoisotopic (exact) mass is 285 g/mol. The number of rotatable bonds is 4. The van der Waals surface area contributed by atoms with Gasteiger partial charge >= 0.3 is 5.97 Å². The molecule has 2 aromatic rings. The molecule has 0 aliphatic heterocycles. The quantitative estimate of drug-likeness (QED) is 0.807. The minimum Gasteiger partial charge on any atom is -0.462 e. The van der Waals surface area contributed by atoms with Crippen LogP contribution in [0, 0.1) is 6.92 Å². The molecule has 2 heterocycles. The Morgan fingerprint density at radius 2 is 2.10 bits per heavy atom. The van der Waals surface area contributed by atoms with Crippen molar-refractivity contribution in [3.05, 3.63) is 41.3 Å². The number of carbonyl (C=O) groups is 1. The van der Waals surface area contributed by atoms with E-state index in [4.69, 9.17) is 4.74 Å². The summed E-state index contributed by atoms with van der Waals surface area (Å²) in [6, 6.07) is 3.83. The van der Waals surface area contributed by atoms with Crippen LogP contribution >= 0.6 is 0 Å². The molecular formula is C16H19N3O2. The van der Waals surface area contributed by atoms with Gasteiger partial charge in [-0.1, -0.05) is 19.9 Å². The van der Waals surface area contributed by atoms with E-state index in [-0.39, 0.29) is 11.9 Å². The van der Waals surface area contributed by atoms with Gasteiger partial charge in [0.05, 0.1) is 17.9 Å². The van der Waals surface area contributed by atoms with E-state index in [0.29, 0.717) is 23.7 Å². The summed E-state index contributed by atoms with van der Waals surface area (Å²) in [4.78, 5) is 25.1. The van der Waals surface area contributed by atoms with Crippen molar-refractivity contribution in [3.63, 3.8) is 0 Å². The summed E-state index contributed by atoms with van der Waals surface area (Å²) in [6.07, 6.45) is 3.24. The second-order valence-electron chi connectivity index (χ2n) is 5.04. The van der Waals surface area contributed by atoms with Crippen LogP contribution in [0.3, 0.4) is 0 Å².